The third-order valence-corrected chi connectivity index (χ3v) is 4.29. The molecule has 0 aliphatic heterocycles. The number of nitrogens with zero attached hydrogens (tertiary/aromatic N) is 2. The van der Waals surface area contributed by atoms with Crippen LogP contribution in [0.1, 0.15) is 49.9 Å². The molecule has 0 bridgehead atoms. The van der Waals surface area contributed by atoms with Crippen molar-refractivity contribution in [1.29, 1.82) is 0 Å². The number of rotatable bonds is 5. The van der Waals surface area contributed by atoms with Crippen molar-refractivity contribution >= 4 is 11.0 Å². The average Bonchev–Trinajstić information content (AvgIpc) is 2.90. The Labute approximate surface area is 137 Å². The maximum absolute atomic E-state index is 6.16. The molecule has 0 aliphatic rings. The van der Waals surface area contributed by atoms with Gasteiger partial charge in [-0.3, -0.25) is 15.3 Å². The summed E-state index contributed by atoms with van der Waals surface area (Å²) in [7, 11) is 0. The highest BCUT2D eigenvalue weighted by Gasteiger charge is 2.25. The Kier molecular flexibility index (Phi) is 4.44. The summed E-state index contributed by atoms with van der Waals surface area (Å²) in [6, 6.07) is 8.42. The number of nitrogens with one attached hydrogen (secondary N) is 1. The SMILES string of the molecule is Cc1c([C@@H](N[C@@H](C)c2cnccn2)C(C)C)oc2ccccc12. The van der Waals surface area contributed by atoms with E-state index in [1.54, 1.807) is 18.6 Å². The van der Waals surface area contributed by atoms with Crippen LogP contribution in [0, 0.1) is 12.8 Å². The number of fused-ring (bicyclic) bond motifs is 1. The lowest BCUT2D eigenvalue weighted by Gasteiger charge is -2.25. The minimum atomic E-state index is 0.101. The van der Waals surface area contributed by atoms with E-state index in [-0.39, 0.29) is 12.1 Å². The van der Waals surface area contributed by atoms with Gasteiger partial charge in [0.05, 0.1) is 11.7 Å². The van der Waals surface area contributed by atoms with Gasteiger partial charge in [0, 0.05) is 30.0 Å². The molecule has 4 nitrogen and oxygen atoms in total. The molecule has 0 spiro atoms. The number of hydrogen-bond acceptors (Lipinski definition) is 4. The van der Waals surface area contributed by atoms with E-state index in [2.05, 4.69) is 55.1 Å². The maximum atomic E-state index is 6.16. The molecular weight excluding hydrogens is 286 g/mol. The number of aryl methyl sites for hydroxylation is 1. The molecule has 0 saturated heterocycles. The van der Waals surface area contributed by atoms with Crippen LogP contribution in [0.4, 0.5) is 0 Å². The number of furan rings is 1. The largest absolute Gasteiger partial charge is 0.459 e. The zero-order chi connectivity index (χ0) is 16.4. The summed E-state index contributed by atoms with van der Waals surface area (Å²) in [6.07, 6.45) is 5.23. The number of para-hydroxylation sites is 1. The van der Waals surface area contributed by atoms with E-state index >= 15 is 0 Å². The van der Waals surface area contributed by atoms with E-state index < -0.39 is 0 Å². The van der Waals surface area contributed by atoms with Gasteiger partial charge in [0.2, 0.25) is 0 Å². The van der Waals surface area contributed by atoms with Gasteiger partial charge < -0.3 is 4.42 Å². The first-order valence-electron chi connectivity index (χ1n) is 8.08. The van der Waals surface area contributed by atoms with Crippen LogP contribution >= 0.6 is 0 Å². The molecule has 2 heterocycles. The molecule has 0 unspecified atom stereocenters. The molecular formula is C19H23N3O. The molecule has 0 aliphatic carbocycles. The Morgan fingerprint density at radius 2 is 1.87 bits per heavy atom. The monoisotopic (exact) mass is 309 g/mol. The Morgan fingerprint density at radius 3 is 2.52 bits per heavy atom. The lowest BCUT2D eigenvalue weighted by Crippen LogP contribution is -2.29. The van der Waals surface area contributed by atoms with E-state index in [0.717, 1.165) is 17.0 Å². The van der Waals surface area contributed by atoms with Crippen LogP contribution in [-0.2, 0) is 0 Å². The summed E-state index contributed by atoms with van der Waals surface area (Å²) in [4.78, 5) is 8.55. The molecule has 4 heteroatoms. The van der Waals surface area contributed by atoms with Crippen molar-refractivity contribution in [1.82, 2.24) is 15.3 Å². The Balaban J connectivity index is 1.93. The van der Waals surface area contributed by atoms with E-state index in [1.807, 2.05) is 12.1 Å². The van der Waals surface area contributed by atoms with Crippen LogP contribution in [0.5, 0.6) is 0 Å². The molecule has 23 heavy (non-hydrogen) atoms. The van der Waals surface area contributed by atoms with Gasteiger partial charge in [0.25, 0.3) is 0 Å². The van der Waals surface area contributed by atoms with Crippen LogP contribution in [-0.4, -0.2) is 9.97 Å². The fourth-order valence-electron chi connectivity index (χ4n) is 2.95. The highest BCUT2D eigenvalue weighted by Crippen LogP contribution is 2.34. The Morgan fingerprint density at radius 1 is 1.09 bits per heavy atom. The summed E-state index contributed by atoms with van der Waals surface area (Å²) in [6.45, 7) is 8.64. The number of hydrogen-bond donors (Lipinski definition) is 1. The second-order valence-corrected chi connectivity index (χ2v) is 6.33. The summed E-state index contributed by atoms with van der Waals surface area (Å²) >= 11 is 0. The fourth-order valence-corrected chi connectivity index (χ4v) is 2.95. The normalized spacial score (nSPS) is 14.3. The first kappa shape index (κ1) is 15.7. The molecule has 1 N–H and O–H groups in total. The number of aromatic nitrogens is 2. The van der Waals surface area contributed by atoms with E-state index in [9.17, 15) is 0 Å². The lowest BCUT2D eigenvalue weighted by molar-refractivity contribution is 0.320. The molecule has 3 rings (SSSR count). The zero-order valence-electron chi connectivity index (χ0n) is 14.1. The fraction of sp³-hybridized carbons (Fsp3) is 0.368. The molecule has 0 radical (unpaired) electrons. The van der Waals surface area contributed by atoms with Crippen molar-refractivity contribution in [2.45, 2.75) is 39.8 Å². The van der Waals surface area contributed by atoms with Crippen LogP contribution in [0.25, 0.3) is 11.0 Å². The minimum absolute atomic E-state index is 0.101. The van der Waals surface area contributed by atoms with Crippen LogP contribution < -0.4 is 5.32 Å². The smallest absolute Gasteiger partial charge is 0.134 e. The summed E-state index contributed by atoms with van der Waals surface area (Å²) in [5.74, 6) is 1.41. The van der Waals surface area contributed by atoms with Gasteiger partial charge in [0.15, 0.2) is 0 Å². The van der Waals surface area contributed by atoms with Crippen molar-refractivity contribution in [3.63, 3.8) is 0 Å². The van der Waals surface area contributed by atoms with Gasteiger partial charge in [-0.2, -0.15) is 0 Å². The standard InChI is InChI=1S/C19H23N3O/c1-12(2)18(22-14(4)16-11-20-9-10-21-16)19-13(3)15-7-5-6-8-17(15)23-19/h5-12,14,18,22H,1-4H3/t14-,18-/m0/s1. The molecule has 0 fully saturated rings. The predicted octanol–water partition coefficient (Wildman–Crippen LogP) is 4.58. The zero-order valence-corrected chi connectivity index (χ0v) is 14.1. The third-order valence-electron chi connectivity index (χ3n) is 4.29. The first-order valence-corrected chi connectivity index (χ1v) is 8.08. The summed E-state index contributed by atoms with van der Waals surface area (Å²) in [5.41, 5.74) is 3.09. The maximum Gasteiger partial charge on any atom is 0.134 e. The highest BCUT2D eigenvalue weighted by atomic mass is 16.3. The number of benzene rings is 1. The van der Waals surface area contributed by atoms with Gasteiger partial charge in [-0.25, -0.2) is 0 Å². The van der Waals surface area contributed by atoms with Gasteiger partial charge in [-0.1, -0.05) is 32.0 Å². The van der Waals surface area contributed by atoms with Crippen molar-refractivity contribution in [2.24, 2.45) is 5.92 Å². The second-order valence-electron chi connectivity index (χ2n) is 6.33. The third kappa shape index (κ3) is 3.13. The Bertz CT molecular complexity index is 780. The van der Waals surface area contributed by atoms with Crippen LogP contribution in [0.15, 0.2) is 47.3 Å². The van der Waals surface area contributed by atoms with Crippen molar-refractivity contribution < 1.29 is 4.42 Å². The van der Waals surface area contributed by atoms with Crippen LogP contribution in [0.2, 0.25) is 0 Å². The van der Waals surface area contributed by atoms with Gasteiger partial charge >= 0.3 is 0 Å². The topological polar surface area (TPSA) is 51.0 Å². The van der Waals surface area contributed by atoms with Gasteiger partial charge in [0.1, 0.15) is 11.3 Å². The molecule has 1 aromatic carbocycles. The lowest BCUT2D eigenvalue weighted by atomic mass is 9.97. The second kappa shape index (κ2) is 6.50. The van der Waals surface area contributed by atoms with Gasteiger partial charge in [-0.05, 0) is 31.4 Å². The van der Waals surface area contributed by atoms with Crippen molar-refractivity contribution in [2.75, 3.05) is 0 Å². The Hall–Kier alpha value is -2.20. The quantitative estimate of drug-likeness (QED) is 0.749. The summed E-state index contributed by atoms with van der Waals surface area (Å²) in [5, 5.41) is 4.84. The summed E-state index contributed by atoms with van der Waals surface area (Å²) < 4.78 is 6.16. The van der Waals surface area contributed by atoms with Crippen molar-refractivity contribution in [3.8, 4) is 0 Å². The molecule has 0 amide bonds. The molecule has 0 saturated carbocycles. The van der Waals surface area contributed by atoms with E-state index in [0.29, 0.717) is 5.92 Å². The highest BCUT2D eigenvalue weighted by molar-refractivity contribution is 5.82. The first-order chi connectivity index (χ1) is 11.1. The molecule has 2 atom stereocenters. The van der Waals surface area contributed by atoms with E-state index in [1.165, 1.54) is 10.9 Å². The molecule has 2 aromatic heterocycles. The van der Waals surface area contributed by atoms with E-state index in [4.69, 9.17) is 4.42 Å². The molecule has 120 valence electrons. The minimum Gasteiger partial charge on any atom is -0.459 e. The van der Waals surface area contributed by atoms with Gasteiger partial charge in [-0.15, -0.1) is 0 Å². The van der Waals surface area contributed by atoms with Crippen LogP contribution in [0.3, 0.4) is 0 Å². The average molecular weight is 309 g/mol. The van der Waals surface area contributed by atoms with Crippen molar-refractivity contribution in [3.05, 3.63) is 59.9 Å². The molecule has 3 aromatic rings. The predicted molar refractivity (Wildman–Crippen MR) is 92.1 cm³/mol.